The lowest BCUT2D eigenvalue weighted by molar-refractivity contribution is 0.489. The van der Waals surface area contributed by atoms with Crippen LogP contribution in [0.1, 0.15) is 25.0 Å². The molecule has 0 atom stereocenters. The fourth-order valence-corrected chi connectivity index (χ4v) is 1.56. The van der Waals surface area contributed by atoms with E-state index in [0.29, 0.717) is 6.00 Å². The Morgan fingerprint density at radius 1 is 1.21 bits per heavy atom. The van der Waals surface area contributed by atoms with Crippen molar-refractivity contribution >= 4 is 11.6 Å². The highest BCUT2D eigenvalue weighted by molar-refractivity contribution is 6.17. The van der Waals surface area contributed by atoms with E-state index in [1.807, 2.05) is 0 Å². The van der Waals surface area contributed by atoms with E-state index in [2.05, 4.69) is 50.4 Å². The Morgan fingerprint density at radius 2 is 1.79 bits per heavy atom. The molecule has 0 saturated heterocycles. The summed E-state index contributed by atoms with van der Waals surface area (Å²) < 4.78 is 0. The Morgan fingerprint density at radius 3 is 2.29 bits per heavy atom. The molecule has 0 unspecified atom stereocenters. The standard InChI is InChI=1S/C12H18ClN/c1-10-4-6-11(7-5-10)12(2,3)8-14-9-13/h4-7,14H,8-9H2,1-3H3. The van der Waals surface area contributed by atoms with Crippen LogP contribution < -0.4 is 5.32 Å². The van der Waals surface area contributed by atoms with E-state index in [9.17, 15) is 0 Å². The predicted molar refractivity (Wildman–Crippen MR) is 62.9 cm³/mol. The van der Waals surface area contributed by atoms with Crippen molar-refractivity contribution in [1.29, 1.82) is 0 Å². The molecule has 1 N–H and O–H groups in total. The highest BCUT2D eigenvalue weighted by atomic mass is 35.5. The van der Waals surface area contributed by atoms with Crippen molar-refractivity contribution in [2.45, 2.75) is 26.2 Å². The molecule has 0 aromatic heterocycles. The number of hydrogen-bond acceptors (Lipinski definition) is 1. The first-order valence-electron chi connectivity index (χ1n) is 4.90. The van der Waals surface area contributed by atoms with Gasteiger partial charge in [-0.15, -0.1) is 11.6 Å². The second-order valence-electron chi connectivity index (χ2n) is 4.31. The molecule has 0 bridgehead atoms. The van der Waals surface area contributed by atoms with Crippen LogP contribution in [0.2, 0.25) is 0 Å². The predicted octanol–water partition coefficient (Wildman–Crippen LogP) is 3.06. The Bertz CT molecular complexity index is 277. The zero-order chi connectivity index (χ0) is 10.6. The van der Waals surface area contributed by atoms with Crippen molar-refractivity contribution in [3.8, 4) is 0 Å². The van der Waals surface area contributed by atoms with Gasteiger partial charge in [0.25, 0.3) is 0 Å². The average Bonchev–Trinajstić information content (AvgIpc) is 2.16. The van der Waals surface area contributed by atoms with Crippen molar-refractivity contribution in [3.05, 3.63) is 35.4 Å². The third-order valence-corrected chi connectivity index (χ3v) is 2.68. The number of alkyl halides is 1. The molecule has 0 radical (unpaired) electrons. The van der Waals surface area contributed by atoms with Crippen molar-refractivity contribution in [3.63, 3.8) is 0 Å². The SMILES string of the molecule is Cc1ccc(C(C)(C)CNCCl)cc1. The fraction of sp³-hybridized carbons (Fsp3) is 0.500. The summed E-state index contributed by atoms with van der Waals surface area (Å²) in [5, 5.41) is 3.17. The molecule has 2 heteroatoms. The third kappa shape index (κ3) is 3.00. The quantitative estimate of drug-likeness (QED) is 0.596. The smallest absolute Gasteiger partial charge is 0.0713 e. The van der Waals surface area contributed by atoms with Gasteiger partial charge in [-0.3, -0.25) is 0 Å². The molecule has 1 aromatic rings. The van der Waals surface area contributed by atoms with Gasteiger partial charge in [-0.25, -0.2) is 0 Å². The van der Waals surface area contributed by atoms with Crippen molar-refractivity contribution < 1.29 is 0 Å². The molecule has 0 aliphatic heterocycles. The third-order valence-electron chi connectivity index (χ3n) is 2.49. The second-order valence-corrected chi connectivity index (χ2v) is 4.58. The number of aryl methyl sites for hydroxylation is 1. The van der Waals surface area contributed by atoms with Crippen LogP contribution in [0.25, 0.3) is 0 Å². The van der Waals surface area contributed by atoms with Crippen LogP contribution in [0.4, 0.5) is 0 Å². The lowest BCUT2D eigenvalue weighted by atomic mass is 9.84. The summed E-state index contributed by atoms with van der Waals surface area (Å²) in [5.74, 6) is 0. The van der Waals surface area contributed by atoms with Crippen LogP contribution in [0, 0.1) is 6.92 Å². The lowest BCUT2D eigenvalue weighted by Crippen LogP contribution is -2.32. The first kappa shape index (κ1) is 11.5. The first-order valence-corrected chi connectivity index (χ1v) is 5.43. The maximum absolute atomic E-state index is 5.61. The van der Waals surface area contributed by atoms with Gasteiger partial charge in [0.05, 0.1) is 6.00 Å². The zero-order valence-corrected chi connectivity index (χ0v) is 9.86. The molecule has 0 aliphatic carbocycles. The highest BCUT2D eigenvalue weighted by Crippen LogP contribution is 2.22. The summed E-state index contributed by atoms with van der Waals surface area (Å²) in [6.07, 6.45) is 0. The van der Waals surface area contributed by atoms with Crippen LogP contribution in [0.5, 0.6) is 0 Å². The van der Waals surface area contributed by atoms with E-state index in [1.165, 1.54) is 11.1 Å². The van der Waals surface area contributed by atoms with Gasteiger partial charge in [-0.05, 0) is 12.5 Å². The van der Waals surface area contributed by atoms with E-state index in [-0.39, 0.29) is 5.41 Å². The van der Waals surface area contributed by atoms with Gasteiger partial charge in [0, 0.05) is 12.0 Å². The second kappa shape index (κ2) is 4.81. The molecule has 0 spiro atoms. The number of nitrogens with one attached hydrogen (secondary N) is 1. The Labute approximate surface area is 91.5 Å². The van der Waals surface area contributed by atoms with Crippen LogP contribution >= 0.6 is 11.6 Å². The summed E-state index contributed by atoms with van der Waals surface area (Å²) in [6, 6.07) is 9.18. The lowest BCUT2D eigenvalue weighted by Gasteiger charge is -2.25. The summed E-state index contributed by atoms with van der Waals surface area (Å²) in [6.45, 7) is 7.45. The molecular formula is C12H18ClN. The van der Waals surface area contributed by atoms with Gasteiger partial charge < -0.3 is 5.32 Å². The molecule has 0 amide bonds. The first-order chi connectivity index (χ1) is 6.56. The summed E-state index contributed by atoms with van der Waals surface area (Å²) in [4.78, 5) is 0. The topological polar surface area (TPSA) is 12.0 Å². The minimum Gasteiger partial charge on any atom is -0.303 e. The Kier molecular flexibility index (Phi) is 3.97. The maximum atomic E-state index is 5.61. The van der Waals surface area contributed by atoms with E-state index in [0.717, 1.165) is 6.54 Å². The maximum Gasteiger partial charge on any atom is 0.0713 e. The molecule has 1 aromatic carbocycles. The molecule has 0 saturated carbocycles. The largest absolute Gasteiger partial charge is 0.303 e. The molecule has 1 nitrogen and oxygen atoms in total. The average molecular weight is 212 g/mol. The summed E-state index contributed by atoms with van der Waals surface area (Å²) >= 11 is 5.61. The van der Waals surface area contributed by atoms with Crippen molar-refractivity contribution in [2.75, 3.05) is 12.5 Å². The van der Waals surface area contributed by atoms with E-state index < -0.39 is 0 Å². The number of benzene rings is 1. The van der Waals surface area contributed by atoms with Crippen LogP contribution in [-0.2, 0) is 5.41 Å². The van der Waals surface area contributed by atoms with Crippen LogP contribution in [0.15, 0.2) is 24.3 Å². The van der Waals surface area contributed by atoms with Gasteiger partial charge >= 0.3 is 0 Å². The van der Waals surface area contributed by atoms with E-state index in [4.69, 9.17) is 11.6 Å². The van der Waals surface area contributed by atoms with Gasteiger partial charge in [0.2, 0.25) is 0 Å². The minimum absolute atomic E-state index is 0.141. The van der Waals surface area contributed by atoms with Crippen molar-refractivity contribution in [2.24, 2.45) is 0 Å². The number of rotatable bonds is 4. The Hall–Kier alpha value is -0.530. The molecule has 14 heavy (non-hydrogen) atoms. The summed E-state index contributed by atoms with van der Waals surface area (Å²) in [5.41, 5.74) is 2.79. The fourth-order valence-electron chi connectivity index (χ4n) is 1.47. The molecule has 0 heterocycles. The highest BCUT2D eigenvalue weighted by Gasteiger charge is 2.19. The monoisotopic (exact) mass is 211 g/mol. The molecule has 1 rings (SSSR count). The normalized spacial score (nSPS) is 11.7. The van der Waals surface area contributed by atoms with Crippen molar-refractivity contribution in [1.82, 2.24) is 5.32 Å². The van der Waals surface area contributed by atoms with Crippen LogP contribution in [-0.4, -0.2) is 12.5 Å². The van der Waals surface area contributed by atoms with Gasteiger partial charge in [0.1, 0.15) is 0 Å². The number of halogens is 1. The molecule has 0 fully saturated rings. The molecule has 0 aliphatic rings. The van der Waals surface area contributed by atoms with E-state index in [1.54, 1.807) is 0 Å². The van der Waals surface area contributed by atoms with Gasteiger partial charge in [-0.1, -0.05) is 43.7 Å². The van der Waals surface area contributed by atoms with Gasteiger partial charge in [0.15, 0.2) is 0 Å². The Balaban J connectivity index is 2.75. The summed E-state index contributed by atoms with van der Waals surface area (Å²) in [7, 11) is 0. The van der Waals surface area contributed by atoms with Crippen LogP contribution in [0.3, 0.4) is 0 Å². The minimum atomic E-state index is 0.141. The molecule has 78 valence electrons. The van der Waals surface area contributed by atoms with E-state index >= 15 is 0 Å². The zero-order valence-electron chi connectivity index (χ0n) is 9.10. The van der Waals surface area contributed by atoms with Gasteiger partial charge in [-0.2, -0.15) is 0 Å². The molecular weight excluding hydrogens is 194 g/mol. The number of hydrogen-bond donors (Lipinski definition) is 1.